The second kappa shape index (κ2) is 2.80. The first-order valence-corrected chi connectivity index (χ1v) is 4.16. The third-order valence-corrected chi connectivity index (χ3v) is 2.22. The first-order valence-electron chi connectivity index (χ1n) is 3.28. The van der Waals surface area contributed by atoms with E-state index < -0.39 is 0 Å². The number of fused-ring (bicyclic) bond motifs is 1. The summed E-state index contributed by atoms with van der Waals surface area (Å²) in [7, 11) is 0. The zero-order chi connectivity index (χ0) is 7.52. The minimum absolute atomic E-state index is 1.02. The summed E-state index contributed by atoms with van der Waals surface area (Å²) >= 11 is 1.64. The Morgan fingerprint density at radius 3 is 3.45 bits per heavy atom. The highest BCUT2D eigenvalue weighted by atomic mass is 32.1. The monoisotopic (exact) mass is 165 g/mol. The van der Waals surface area contributed by atoms with Gasteiger partial charge in [0, 0.05) is 11.6 Å². The van der Waals surface area contributed by atoms with Crippen molar-refractivity contribution in [1.29, 1.82) is 0 Å². The summed E-state index contributed by atoms with van der Waals surface area (Å²) < 4.78 is 5.06. The Hall–Kier alpha value is -1.22. The number of H-pyrrole nitrogens is 1. The molecule has 2 rings (SSSR count). The van der Waals surface area contributed by atoms with E-state index >= 15 is 0 Å². The van der Waals surface area contributed by atoms with Crippen molar-refractivity contribution >= 4 is 11.3 Å². The van der Waals surface area contributed by atoms with Gasteiger partial charge in [-0.25, -0.2) is 0 Å². The van der Waals surface area contributed by atoms with Crippen LogP contribution in [0.4, 0.5) is 0 Å². The largest absolute Gasteiger partial charge is 0.470 e. The quantitative estimate of drug-likeness (QED) is 0.639. The highest BCUT2D eigenvalue weighted by molar-refractivity contribution is 7.13. The van der Waals surface area contributed by atoms with Gasteiger partial charge in [-0.2, -0.15) is 0 Å². The lowest BCUT2D eigenvalue weighted by Gasteiger charge is -1.95. The van der Waals surface area contributed by atoms with E-state index in [0.717, 1.165) is 5.69 Å². The number of hydrogen-bond acceptors (Lipinski definition) is 2. The molecule has 1 N–H and O–H groups in total. The molecule has 0 amide bonds. The Kier molecular flexibility index (Phi) is 1.65. The van der Waals surface area contributed by atoms with Crippen molar-refractivity contribution in [2.45, 2.75) is 0 Å². The van der Waals surface area contributed by atoms with Gasteiger partial charge in [0.2, 0.25) is 0 Å². The van der Waals surface area contributed by atoms with Crippen LogP contribution in [0.5, 0.6) is 0 Å². The Bertz CT molecular complexity index is 313. The van der Waals surface area contributed by atoms with Crippen LogP contribution in [-0.4, -0.2) is 4.98 Å². The molecule has 0 saturated heterocycles. The molecule has 2 aliphatic rings. The predicted octanol–water partition coefficient (Wildman–Crippen LogP) is 2.90. The molecule has 3 heteroatoms. The lowest BCUT2D eigenvalue weighted by Crippen LogP contribution is -1.76. The summed E-state index contributed by atoms with van der Waals surface area (Å²) in [5.41, 5.74) is 1.02. The molecule has 2 nitrogen and oxygen atoms in total. The molecule has 0 atom stereocenters. The third-order valence-electron chi connectivity index (χ3n) is 1.36. The maximum Gasteiger partial charge on any atom is 0.115 e. The van der Waals surface area contributed by atoms with Gasteiger partial charge in [-0.1, -0.05) is 0 Å². The summed E-state index contributed by atoms with van der Waals surface area (Å²) in [5.74, 6) is 0. The molecule has 2 heterocycles. The normalized spacial score (nSPS) is 9.82. The molecule has 0 fully saturated rings. The molecule has 0 radical (unpaired) electrons. The molecule has 0 spiro atoms. The Morgan fingerprint density at radius 2 is 2.45 bits per heavy atom. The minimum Gasteiger partial charge on any atom is -0.470 e. The maximum absolute atomic E-state index is 5.06. The molecule has 56 valence electrons. The van der Waals surface area contributed by atoms with Gasteiger partial charge in [0.05, 0.1) is 10.6 Å². The fourth-order valence-corrected chi connectivity index (χ4v) is 1.53. The lowest BCUT2D eigenvalue weighted by atomic mass is 10.3. The zero-order valence-electron chi connectivity index (χ0n) is 5.78. The van der Waals surface area contributed by atoms with Crippen LogP contribution in [0.2, 0.25) is 0 Å². The van der Waals surface area contributed by atoms with E-state index in [1.807, 2.05) is 23.7 Å². The van der Waals surface area contributed by atoms with Crippen LogP contribution >= 0.6 is 11.3 Å². The summed E-state index contributed by atoms with van der Waals surface area (Å²) in [6, 6.07) is 4.02. The van der Waals surface area contributed by atoms with Gasteiger partial charge in [-0.05, 0) is 12.1 Å². The van der Waals surface area contributed by atoms with E-state index in [1.165, 1.54) is 4.88 Å². The van der Waals surface area contributed by atoms with Crippen LogP contribution in [0.15, 0.2) is 40.7 Å². The molecular weight excluding hydrogens is 158 g/mol. The second-order valence-corrected chi connectivity index (χ2v) is 3.04. The van der Waals surface area contributed by atoms with E-state index in [9.17, 15) is 0 Å². The van der Waals surface area contributed by atoms with Crippen LogP contribution < -0.4 is 0 Å². The Labute approximate surface area is 68.2 Å². The van der Waals surface area contributed by atoms with Crippen molar-refractivity contribution in [2.24, 2.45) is 0 Å². The zero-order valence-corrected chi connectivity index (χ0v) is 6.60. The summed E-state index contributed by atoms with van der Waals surface area (Å²) in [4.78, 5) is 4.27. The van der Waals surface area contributed by atoms with Crippen molar-refractivity contribution in [1.82, 2.24) is 4.98 Å². The van der Waals surface area contributed by atoms with Gasteiger partial charge in [-0.3, -0.25) is 0 Å². The SMILES string of the molecule is c1c[nH]c2coccsc-2c1. The van der Waals surface area contributed by atoms with Crippen molar-refractivity contribution < 1.29 is 4.42 Å². The lowest BCUT2D eigenvalue weighted by molar-refractivity contribution is 0.556. The third kappa shape index (κ3) is 1.28. The maximum atomic E-state index is 5.06. The van der Waals surface area contributed by atoms with E-state index in [4.69, 9.17) is 4.42 Å². The molecule has 0 aromatic heterocycles. The smallest absolute Gasteiger partial charge is 0.115 e. The Balaban J connectivity index is 2.75. The average molecular weight is 165 g/mol. The van der Waals surface area contributed by atoms with Gasteiger partial charge in [0.25, 0.3) is 0 Å². The van der Waals surface area contributed by atoms with E-state index in [-0.39, 0.29) is 0 Å². The predicted molar refractivity (Wildman–Crippen MR) is 45.2 cm³/mol. The Morgan fingerprint density at radius 1 is 1.45 bits per heavy atom. The molecule has 0 saturated carbocycles. The van der Waals surface area contributed by atoms with Crippen molar-refractivity contribution in [3.8, 4) is 10.6 Å². The van der Waals surface area contributed by atoms with Crippen molar-refractivity contribution in [3.05, 3.63) is 36.2 Å². The topological polar surface area (TPSA) is 28.9 Å². The number of aromatic nitrogens is 1. The molecule has 0 unspecified atom stereocenters. The highest BCUT2D eigenvalue weighted by Crippen LogP contribution is 2.20. The first-order chi connectivity index (χ1) is 5.47. The van der Waals surface area contributed by atoms with Gasteiger partial charge in [-0.15, -0.1) is 11.3 Å². The van der Waals surface area contributed by atoms with E-state index in [1.54, 1.807) is 23.9 Å². The number of nitrogens with one attached hydrogen (secondary N) is 1. The molecule has 0 bridgehead atoms. The number of hydrogen-bond donors (Lipinski definition) is 1. The summed E-state index contributed by atoms with van der Waals surface area (Å²) in [6.07, 6.45) is 5.24. The molecular formula is C8H7NOS. The van der Waals surface area contributed by atoms with Gasteiger partial charge in [0.15, 0.2) is 0 Å². The van der Waals surface area contributed by atoms with Gasteiger partial charge >= 0.3 is 0 Å². The van der Waals surface area contributed by atoms with Crippen LogP contribution in [-0.2, 0) is 0 Å². The van der Waals surface area contributed by atoms with Gasteiger partial charge in [0.1, 0.15) is 12.5 Å². The summed E-state index contributed by atoms with van der Waals surface area (Å²) in [5, 5.41) is 1.91. The fraction of sp³-hybridized carbons (Fsp3) is 0. The molecule has 0 aromatic rings. The minimum atomic E-state index is 1.02. The second-order valence-electron chi connectivity index (χ2n) is 2.09. The van der Waals surface area contributed by atoms with Gasteiger partial charge < -0.3 is 9.40 Å². The molecule has 2 aliphatic heterocycles. The first kappa shape index (κ1) is 6.49. The molecule has 11 heavy (non-hydrogen) atoms. The van der Waals surface area contributed by atoms with Crippen LogP contribution in [0.1, 0.15) is 0 Å². The standard InChI is InChI=1S/C8H7NOS/c1-2-8-7(9-3-1)6-10-4-5-11-8/h1-6,9H. The van der Waals surface area contributed by atoms with Crippen LogP contribution in [0, 0.1) is 0 Å². The van der Waals surface area contributed by atoms with E-state index in [0.29, 0.717) is 0 Å². The average Bonchev–Trinajstić information content (AvgIpc) is 2.28. The van der Waals surface area contributed by atoms with Crippen LogP contribution in [0.3, 0.4) is 0 Å². The van der Waals surface area contributed by atoms with E-state index in [2.05, 4.69) is 4.98 Å². The fourth-order valence-electron chi connectivity index (χ4n) is 0.870. The molecule has 0 aliphatic carbocycles. The van der Waals surface area contributed by atoms with Crippen LogP contribution in [0.25, 0.3) is 10.6 Å². The van der Waals surface area contributed by atoms with Crippen molar-refractivity contribution in [2.75, 3.05) is 0 Å². The van der Waals surface area contributed by atoms with Crippen molar-refractivity contribution in [3.63, 3.8) is 0 Å². The number of aromatic amines is 1. The highest BCUT2D eigenvalue weighted by Gasteiger charge is 1.95. The number of rotatable bonds is 0. The summed E-state index contributed by atoms with van der Waals surface area (Å²) in [6.45, 7) is 0. The number of pyridine rings is 1. The molecule has 0 aromatic carbocycles.